The van der Waals surface area contributed by atoms with Crippen molar-refractivity contribution < 1.29 is 4.79 Å². The second-order valence-electron chi connectivity index (χ2n) is 5.30. The molecule has 0 aliphatic carbocycles. The molecule has 1 unspecified atom stereocenters. The zero-order valence-electron chi connectivity index (χ0n) is 11.6. The summed E-state index contributed by atoms with van der Waals surface area (Å²) in [5, 5.41) is 3.01. The van der Waals surface area contributed by atoms with Crippen molar-refractivity contribution in [2.45, 2.75) is 32.7 Å². The number of pyridine rings is 1. The highest BCUT2D eigenvalue weighted by atomic mass is 16.1. The van der Waals surface area contributed by atoms with Gasteiger partial charge < -0.3 is 16.0 Å². The summed E-state index contributed by atoms with van der Waals surface area (Å²) in [5.74, 6) is 0.307. The molecule has 1 fully saturated rings. The third kappa shape index (κ3) is 3.92. The molecule has 1 atom stereocenters. The molecule has 1 aliphatic rings. The molecule has 0 bridgehead atoms. The van der Waals surface area contributed by atoms with Gasteiger partial charge in [0.1, 0.15) is 5.82 Å². The lowest BCUT2D eigenvalue weighted by Gasteiger charge is -2.21. The molecule has 0 aromatic carbocycles. The van der Waals surface area contributed by atoms with Gasteiger partial charge in [0.25, 0.3) is 5.91 Å². The molecule has 1 saturated heterocycles. The predicted molar refractivity (Wildman–Crippen MR) is 76.0 cm³/mol. The highest BCUT2D eigenvalue weighted by Crippen LogP contribution is 2.09. The van der Waals surface area contributed by atoms with Crippen molar-refractivity contribution >= 4 is 11.7 Å². The van der Waals surface area contributed by atoms with Crippen molar-refractivity contribution in [1.82, 2.24) is 15.2 Å². The third-order valence-corrected chi connectivity index (χ3v) is 3.34. The minimum atomic E-state index is -0.0797. The van der Waals surface area contributed by atoms with E-state index in [9.17, 15) is 4.79 Å². The number of nitrogens with zero attached hydrogens (tertiary/aromatic N) is 2. The Bertz CT molecular complexity index is 435. The minimum absolute atomic E-state index is 0.0797. The van der Waals surface area contributed by atoms with Crippen molar-refractivity contribution in [1.29, 1.82) is 0 Å². The fourth-order valence-electron chi connectivity index (χ4n) is 2.53. The van der Waals surface area contributed by atoms with Crippen LogP contribution in [0.2, 0.25) is 0 Å². The molecule has 5 heteroatoms. The Morgan fingerprint density at radius 3 is 2.79 bits per heavy atom. The normalized spacial score (nSPS) is 17.4. The molecule has 2 rings (SSSR count). The van der Waals surface area contributed by atoms with Crippen molar-refractivity contribution in [3.05, 3.63) is 23.4 Å². The zero-order valence-corrected chi connectivity index (χ0v) is 11.6. The Balaban J connectivity index is 1.92. The lowest BCUT2D eigenvalue weighted by Crippen LogP contribution is -2.41. The van der Waals surface area contributed by atoms with E-state index >= 15 is 0 Å². The smallest absolute Gasteiger partial charge is 0.251 e. The van der Waals surface area contributed by atoms with Crippen LogP contribution in [-0.4, -0.2) is 41.5 Å². The van der Waals surface area contributed by atoms with Crippen LogP contribution in [-0.2, 0) is 0 Å². The van der Waals surface area contributed by atoms with Gasteiger partial charge in [-0.25, -0.2) is 4.98 Å². The van der Waals surface area contributed by atoms with Crippen molar-refractivity contribution in [2.75, 3.05) is 25.4 Å². The van der Waals surface area contributed by atoms with E-state index in [0.29, 0.717) is 11.4 Å². The maximum atomic E-state index is 12.1. The summed E-state index contributed by atoms with van der Waals surface area (Å²) in [5.41, 5.74) is 7.00. The second-order valence-corrected chi connectivity index (χ2v) is 5.30. The summed E-state index contributed by atoms with van der Waals surface area (Å²) in [7, 11) is 0. The van der Waals surface area contributed by atoms with E-state index in [0.717, 1.165) is 25.3 Å². The third-order valence-electron chi connectivity index (χ3n) is 3.34. The first-order valence-corrected chi connectivity index (χ1v) is 6.82. The Hall–Kier alpha value is -1.62. The van der Waals surface area contributed by atoms with E-state index < -0.39 is 0 Å². The highest BCUT2D eigenvalue weighted by Gasteiger charge is 2.16. The first-order valence-electron chi connectivity index (χ1n) is 6.82. The van der Waals surface area contributed by atoms with Gasteiger partial charge in [-0.1, -0.05) is 0 Å². The summed E-state index contributed by atoms with van der Waals surface area (Å²) >= 11 is 0. The number of nitrogens with one attached hydrogen (secondary N) is 1. The van der Waals surface area contributed by atoms with E-state index in [1.54, 1.807) is 12.1 Å². The molecule has 1 amide bonds. The molecule has 3 N–H and O–H groups in total. The molecule has 1 aromatic rings. The van der Waals surface area contributed by atoms with E-state index in [1.165, 1.54) is 12.8 Å². The number of aromatic nitrogens is 1. The molecular formula is C14H22N4O. The Morgan fingerprint density at radius 2 is 2.16 bits per heavy atom. The minimum Gasteiger partial charge on any atom is -0.384 e. The summed E-state index contributed by atoms with van der Waals surface area (Å²) in [4.78, 5) is 18.6. The number of nitrogens with two attached hydrogens (primary N) is 1. The van der Waals surface area contributed by atoms with Crippen molar-refractivity contribution in [2.24, 2.45) is 0 Å². The van der Waals surface area contributed by atoms with Crippen LogP contribution in [0.15, 0.2) is 12.1 Å². The van der Waals surface area contributed by atoms with E-state index in [1.807, 2.05) is 13.8 Å². The Labute approximate surface area is 114 Å². The average molecular weight is 262 g/mol. The molecule has 0 saturated carbocycles. The molecule has 19 heavy (non-hydrogen) atoms. The van der Waals surface area contributed by atoms with Crippen LogP contribution in [0.3, 0.4) is 0 Å². The lowest BCUT2D eigenvalue weighted by atomic mass is 10.2. The highest BCUT2D eigenvalue weighted by molar-refractivity contribution is 5.95. The fraction of sp³-hybridized carbons (Fsp3) is 0.571. The van der Waals surface area contributed by atoms with Gasteiger partial charge in [-0.2, -0.15) is 0 Å². The number of hydrogen-bond acceptors (Lipinski definition) is 4. The van der Waals surface area contributed by atoms with Gasteiger partial charge in [0, 0.05) is 23.8 Å². The van der Waals surface area contributed by atoms with E-state index in [4.69, 9.17) is 5.73 Å². The molecular weight excluding hydrogens is 240 g/mol. The fourth-order valence-corrected chi connectivity index (χ4v) is 2.53. The second kappa shape index (κ2) is 6.02. The molecule has 0 spiro atoms. The van der Waals surface area contributed by atoms with Crippen LogP contribution in [0.1, 0.15) is 35.8 Å². The van der Waals surface area contributed by atoms with E-state index in [2.05, 4.69) is 15.2 Å². The monoisotopic (exact) mass is 262 g/mol. The van der Waals surface area contributed by atoms with Gasteiger partial charge in [-0.3, -0.25) is 4.79 Å². The number of aryl methyl sites for hydroxylation is 1. The molecule has 2 heterocycles. The standard InChI is InChI=1S/C14H22N4O/c1-10-7-12(8-13(15)16-10)14(19)17-11(2)9-18-5-3-4-6-18/h7-8,11H,3-6,9H2,1-2H3,(H2,15,16)(H,17,19). The Morgan fingerprint density at radius 1 is 1.47 bits per heavy atom. The SMILES string of the molecule is Cc1cc(C(=O)NC(C)CN2CCCC2)cc(N)n1. The summed E-state index contributed by atoms with van der Waals surface area (Å²) in [6.45, 7) is 7.06. The number of likely N-dealkylation sites (tertiary alicyclic amines) is 1. The lowest BCUT2D eigenvalue weighted by molar-refractivity contribution is 0.0931. The maximum Gasteiger partial charge on any atom is 0.251 e. The van der Waals surface area contributed by atoms with E-state index in [-0.39, 0.29) is 11.9 Å². The van der Waals surface area contributed by atoms with Gasteiger partial charge in [-0.05, 0) is 51.9 Å². The number of amides is 1. The van der Waals surface area contributed by atoms with Crippen molar-refractivity contribution in [3.8, 4) is 0 Å². The molecule has 0 radical (unpaired) electrons. The molecule has 5 nitrogen and oxygen atoms in total. The molecule has 1 aromatic heterocycles. The van der Waals surface area contributed by atoms with Gasteiger partial charge in [-0.15, -0.1) is 0 Å². The summed E-state index contributed by atoms with van der Waals surface area (Å²) in [6.07, 6.45) is 2.53. The Kier molecular flexibility index (Phi) is 4.37. The van der Waals surface area contributed by atoms with Gasteiger partial charge in [0.2, 0.25) is 0 Å². The number of carbonyl (C=O) groups excluding carboxylic acids is 1. The van der Waals surface area contributed by atoms with Crippen LogP contribution in [0.5, 0.6) is 0 Å². The maximum absolute atomic E-state index is 12.1. The molecule has 1 aliphatic heterocycles. The van der Waals surface area contributed by atoms with Crippen LogP contribution in [0.4, 0.5) is 5.82 Å². The number of carbonyl (C=O) groups is 1. The van der Waals surface area contributed by atoms with Crippen LogP contribution < -0.4 is 11.1 Å². The number of hydrogen-bond donors (Lipinski definition) is 2. The number of anilines is 1. The topological polar surface area (TPSA) is 71.2 Å². The summed E-state index contributed by atoms with van der Waals surface area (Å²) < 4.78 is 0. The first-order chi connectivity index (χ1) is 9.04. The predicted octanol–water partition coefficient (Wildman–Crippen LogP) is 1.19. The van der Waals surface area contributed by atoms with Gasteiger partial charge in [0.15, 0.2) is 0 Å². The number of rotatable bonds is 4. The summed E-state index contributed by atoms with van der Waals surface area (Å²) in [6, 6.07) is 3.51. The van der Waals surface area contributed by atoms with Crippen LogP contribution >= 0.6 is 0 Å². The quantitative estimate of drug-likeness (QED) is 0.855. The largest absolute Gasteiger partial charge is 0.384 e. The van der Waals surface area contributed by atoms with Crippen molar-refractivity contribution in [3.63, 3.8) is 0 Å². The van der Waals surface area contributed by atoms with Crippen LogP contribution in [0, 0.1) is 6.92 Å². The first kappa shape index (κ1) is 13.8. The van der Waals surface area contributed by atoms with Gasteiger partial charge in [0.05, 0.1) is 0 Å². The molecule has 104 valence electrons. The average Bonchev–Trinajstić information content (AvgIpc) is 2.80. The zero-order chi connectivity index (χ0) is 13.8. The van der Waals surface area contributed by atoms with Crippen LogP contribution in [0.25, 0.3) is 0 Å². The van der Waals surface area contributed by atoms with Gasteiger partial charge >= 0.3 is 0 Å². The number of nitrogen functional groups attached to an aromatic ring is 1.